The van der Waals surface area contributed by atoms with Crippen LogP contribution in [0, 0.1) is 18.8 Å². The molecule has 26 heavy (non-hydrogen) atoms. The summed E-state index contributed by atoms with van der Waals surface area (Å²) in [7, 11) is 0. The molecule has 140 valence electrons. The highest BCUT2D eigenvalue weighted by Crippen LogP contribution is 2.33. The van der Waals surface area contributed by atoms with Crippen molar-refractivity contribution in [1.82, 2.24) is 14.9 Å². The first-order valence-electron chi connectivity index (χ1n) is 10.4. The molecule has 2 aliphatic carbocycles. The number of imidazole rings is 1. The van der Waals surface area contributed by atoms with Crippen molar-refractivity contribution >= 4 is 16.9 Å². The first-order valence-corrected chi connectivity index (χ1v) is 10.4. The number of aryl methyl sites for hydroxylation is 1. The molecule has 0 bridgehead atoms. The first-order chi connectivity index (χ1) is 12.6. The maximum atomic E-state index is 12.7. The van der Waals surface area contributed by atoms with Gasteiger partial charge < -0.3 is 9.88 Å². The van der Waals surface area contributed by atoms with Gasteiger partial charge in [0.05, 0.1) is 17.4 Å². The highest BCUT2D eigenvalue weighted by molar-refractivity contribution is 5.79. The monoisotopic (exact) mass is 353 g/mol. The molecule has 2 saturated carbocycles. The van der Waals surface area contributed by atoms with Gasteiger partial charge in [-0.05, 0) is 69.1 Å². The van der Waals surface area contributed by atoms with Gasteiger partial charge in [0.15, 0.2) is 0 Å². The van der Waals surface area contributed by atoms with E-state index in [1.54, 1.807) is 0 Å². The maximum Gasteiger partial charge on any atom is 0.223 e. The largest absolute Gasteiger partial charge is 0.353 e. The normalized spacial score (nSPS) is 29.6. The van der Waals surface area contributed by atoms with E-state index in [0.717, 1.165) is 37.6 Å². The fourth-order valence-electron chi connectivity index (χ4n) is 4.95. The van der Waals surface area contributed by atoms with E-state index in [1.807, 2.05) is 6.33 Å². The molecular weight excluding hydrogens is 322 g/mol. The van der Waals surface area contributed by atoms with Gasteiger partial charge in [-0.15, -0.1) is 0 Å². The number of nitrogens with zero attached hydrogens (tertiary/aromatic N) is 2. The zero-order chi connectivity index (χ0) is 18.1. The summed E-state index contributed by atoms with van der Waals surface area (Å²) in [6, 6.07) is 7.37. The topological polar surface area (TPSA) is 46.9 Å². The molecule has 1 heterocycles. The second-order valence-electron chi connectivity index (χ2n) is 8.53. The average Bonchev–Trinajstić information content (AvgIpc) is 3.05. The van der Waals surface area contributed by atoms with Gasteiger partial charge >= 0.3 is 0 Å². The van der Waals surface area contributed by atoms with Crippen LogP contribution in [0.2, 0.25) is 0 Å². The van der Waals surface area contributed by atoms with Crippen molar-refractivity contribution in [2.75, 3.05) is 0 Å². The van der Waals surface area contributed by atoms with E-state index in [4.69, 9.17) is 0 Å². The zero-order valence-electron chi connectivity index (χ0n) is 16.1. The standard InChI is InChI=1S/C22H31N3O/c1-15-7-12-21-20(13-15)23-14-25(21)18-10-8-17(9-11-18)24-22(26)19-6-4-3-5-16(19)2/h7,12-14,16-19H,3-6,8-11H2,1-2H3,(H,24,26). The van der Waals surface area contributed by atoms with Crippen molar-refractivity contribution in [3.8, 4) is 0 Å². The third-order valence-corrected chi connectivity index (χ3v) is 6.62. The minimum absolute atomic E-state index is 0.238. The van der Waals surface area contributed by atoms with Crippen molar-refractivity contribution in [2.24, 2.45) is 11.8 Å². The highest BCUT2D eigenvalue weighted by Gasteiger charge is 2.30. The summed E-state index contributed by atoms with van der Waals surface area (Å²) in [5, 5.41) is 3.37. The molecular formula is C22H31N3O. The lowest BCUT2D eigenvalue weighted by molar-refractivity contribution is -0.128. The lowest BCUT2D eigenvalue weighted by Gasteiger charge is -2.33. The smallest absolute Gasteiger partial charge is 0.223 e. The molecule has 4 nitrogen and oxygen atoms in total. The molecule has 0 aliphatic heterocycles. The van der Waals surface area contributed by atoms with Gasteiger partial charge in [-0.3, -0.25) is 4.79 Å². The van der Waals surface area contributed by atoms with E-state index in [0.29, 0.717) is 23.9 Å². The molecule has 1 amide bonds. The average molecular weight is 354 g/mol. The van der Waals surface area contributed by atoms with Crippen LogP contribution in [-0.2, 0) is 4.79 Å². The Balaban J connectivity index is 1.35. The van der Waals surface area contributed by atoms with Crippen LogP contribution in [0.15, 0.2) is 24.5 Å². The van der Waals surface area contributed by atoms with Crippen LogP contribution in [-0.4, -0.2) is 21.5 Å². The number of aromatic nitrogens is 2. The van der Waals surface area contributed by atoms with Crippen LogP contribution in [0.5, 0.6) is 0 Å². The van der Waals surface area contributed by atoms with Gasteiger partial charge in [0.1, 0.15) is 0 Å². The van der Waals surface area contributed by atoms with Crippen molar-refractivity contribution in [3.63, 3.8) is 0 Å². The summed E-state index contributed by atoms with van der Waals surface area (Å²) in [4.78, 5) is 17.3. The predicted molar refractivity (Wildman–Crippen MR) is 105 cm³/mol. The van der Waals surface area contributed by atoms with Gasteiger partial charge in [-0.25, -0.2) is 4.98 Å². The van der Waals surface area contributed by atoms with Crippen molar-refractivity contribution in [1.29, 1.82) is 0 Å². The quantitative estimate of drug-likeness (QED) is 0.864. The number of nitrogens with one attached hydrogen (secondary N) is 1. The number of hydrogen-bond donors (Lipinski definition) is 1. The SMILES string of the molecule is Cc1ccc2c(c1)ncn2C1CCC(NC(=O)C2CCCCC2C)CC1. The molecule has 0 saturated heterocycles. The Hall–Kier alpha value is -1.84. The molecule has 2 aromatic rings. The Kier molecular flexibility index (Phi) is 5.01. The van der Waals surface area contributed by atoms with Crippen LogP contribution in [0.1, 0.15) is 69.9 Å². The summed E-state index contributed by atoms with van der Waals surface area (Å²) in [5.74, 6) is 1.09. The molecule has 4 rings (SSSR count). The Labute approximate surface area is 156 Å². The van der Waals surface area contributed by atoms with Crippen molar-refractivity contribution < 1.29 is 4.79 Å². The third-order valence-electron chi connectivity index (χ3n) is 6.62. The summed E-state index contributed by atoms with van der Waals surface area (Å²) in [5.41, 5.74) is 3.58. The van der Waals surface area contributed by atoms with E-state index in [1.165, 1.54) is 30.3 Å². The van der Waals surface area contributed by atoms with Gasteiger partial charge in [0.25, 0.3) is 0 Å². The van der Waals surface area contributed by atoms with Gasteiger partial charge in [0, 0.05) is 18.0 Å². The predicted octanol–water partition coefficient (Wildman–Crippen LogP) is 4.77. The molecule has 2 unspecified atom stereocenters. The molecule has 2 aliphatic rings. The Morgan fingerprint density at radius 2 is 1.88 bits per heavy atom. The van der Waals surface area contributed by atoms with E-state index < -0.39 is 0 Å². The highest BCUT2D eigenvalue weighted by atomic mass is 16.2. The van der Waals surface area contributed by atoms with Gasteiger partial charge in [0.2, 0.25) is 5.91 Å². The second kappa shape index (κ2) is 7.42. The van der Waals surface area contributed by atoms with Gasteiger partial charge in [-0.2, -0.15) is 0 Å². The number of fused-ring (bicyclic) bond motifs is 1. The van der Waals surface area contributed by atoms with E-state index in [9.17, 15) is 4.79 Å². The number of benzene rings is 1. The number of carbonyl (C=O) groups is 1. The molecule has 0 radical (unpaired) electrons. The van der Waals surface area contributed by atoms with Gasteiger partial charge in [-0.1, -0.05) is 25.8 Å². The number of carbonyl (C=O) groups excluding carboxylic acids is 1. The second-order valence-corrected chi connectivity index (χ2v) is 8.53. The molecule has 2 fully saturated rings. The number of rotatable bonds is 3. The molecule has 1 aromatic heterocycles. The van der Waals surface area contributed by atoms with Crippen LogP contribution in [0.4, 0.5) is 0 Å². The minimum atomic E-state index is 0.238. The minimum Gasteiger partial charge on any atom is -0.353 e. The zero-order valence-corrected chi connectivity index (χ0v) is 16.1. The first kappa shape index (κ1) is 17.6. The maximum absolute atomic E-state index is 12.7. The van der Waals surface area contributed by atoms with Crippen LogP contribution >= 0.6 is 0 Å². The molecule has 2 atom stereocenters. The molecule has 0 spiro atoms. The Bertz CT molecular complexity index is 773. The van der Waals surface area contributed by atoms with Crippen LogP contribution in [0.25, 0.3) is 11.0 Å². The fraction of sp³-hybridized carbons (Fsp3) is 0.636. The lowest BCUT2D eigenvalue weighted by Crippen LogP contribution is -2.43. The summed E-state index contributed by atoms with van der Waals surface area (Å²) in [6.45, 7) is 4.35. The summed E-state index contributed by atoms with van der Waals surface area (Å²) >= 11 is 0. The number of hydrogen-bond acceptors (Lipinski definition) is 2. The van der Waals surface area contributed by atoms with Crippen molar-refractivity contribution in [2.45, 2.75) is 77.3 Å². The molecule has 1 N–H and O–H groups in total. The fourth-order valence-corrected chi connectivity index (χ4v) is 4.95. The van der Waals surface area contributed by atoms with Crippen LogP contribution < -0.4 is 5.32 Å². The van der Waals surface area contributed by atoms with E-state index in [-0.39, 0.29) is 5.92 Å². The van der Waals surface area contributed by atoms with Crippen molar-refractivity contribution in [3.05, 3.63) is 30.1 Å². The summed E-state index contributed by atoms with van der Waals surface area (Å²) < 4.78 is 2.34. The Morgan fingerprint density at radius 3 is 2.65 bits per heavy atom. The van der Waals surface area contributed by atoms with Crippen LogP contribution in [0.3, 0.4) is 0 Å². The lowest BCUT2D eigenvalue weighted by atomic mass is 9.79. The van der Waals surface area contributed by atoms with E-state index >= 15 is 0 Å². The number of amides is 1. The Morgan fingerprint density at radius 1 is 1.12 bits per heavy atom. The summed E-state index contributed by atoms with van der Waals surface area (Å²) in [6.07, 6.45) is 11.1. The molecule has 1 aromatic carbocycles. The van der Waals surface area contributed by atoms with E-state index in [2.05, 4.69) is 46.9 Å². The third kappa shape index (κ3) is 3.51. The molecule has 4 heteroatoms.